The Morgan fingerprint density at radius 3 is 2.47 bits per heavy atom. The monoisotopic (exact) mass is 210 g/mol. The molecule has 2 aliphatic rings. The summed E-state index contributed by atoms with van der Waals surface area (Å²) in [5.74, 6) is 0.703. The van der Waals surface area contributed by atoms with Gasteiger partial charge in [-0.2, -0.15) is 0 Å². The molecule has 1 saturated heterocycles. The van der Waals surface area contributed by atoms with Crippen LogP contribution < -0.4 is 5.32 Å². The maximum absolute atomic E-state index is 12.0. The van der Waals surface area contributed by atoms with Gasteiger partial charge in [0, 0.05) is 6.04 Å². The molecule has 0 bridgehead atoms. The van der Waals surface area contributed by atoms with Crippen LogP contribution in [0.15, 0.2) is 0 Å². The number of hydrogen-bond donors (Lipinski definition) is 1. The summed E-state index contributed by atoms with van der Waals surface area (Å²) in [5.41, 5.74) is -0.728. The van der Waals surface area contributed by atoms with Crippen LogP contribution in [0.4, 0.5) is 0 Å². The van der Waals surface area contributed by atoms with Crippen LogP contribution in [-0.2, 0) is 9.59 Å². The molecule has 0 unspecified atom stereocenters. The van der Waals surface area contributed by atoms with Gasteiger partial charge >= 0.3 is 0 Å². The number of rotatable bonds is 1. The van der Waals surface area contributed by atoms with Gasteiger partial charge in [0.05, 0.1) is 6.54 Å². The molecule has 0 atom stereocenters. The van der Waals surface area contributed by atoms with Crippen molar-refractivity contribution in [2.24, 2.45) is 5.92 Å². The summed E-state index contributed by atoms with van der Waals surface area (Å²) in [5, 5.41) is 2.72. The van der Waals surface area contributed by atoms with Crippen molar-refractivity contribution in [3.8, 4) is 0 Å². The molecule has 0 aromatic carbocycles. The molecule has 2 fully saturated rings. The number of carbonyl (C=O) groups excluding carboxylic acids is 2. The van der Waals surface area contributed by atoms with Crippen molar-refractivity contribution < 1.29 is 9.59 Å². The van der Waals surface area contributed by atoms with Gasteiger partial charge in [0.25, 0.3) is 0 Å². The largest absolute Gasteiger partial charge is 0.341 e. The second-order valence-corrected chi connectivity index (χ2v) is 5.34. The van der Waals surface area contributed by atoms with Gasteiger partial charge in [-0.15, -0.1) is 0 Å². The van der Waals surface area contributed by atoms with Gasteiger partial charge in [-0.3, -0.25) is 9.59 Å². The van der Waals surface area contributed by atoms with Crippen LogP contribution in [0.3, 0.4) is 0 Å². The van der Waals surface area contributed by atoms with E-state index in [-0.39, 0.29) is 24.4 Å². The molecule has 0 aromatic rings. The standard InChI is InChI=1S/C11H18N2O2/c1-7-4-8(5-7)13-6-9(14)12-11(2,3)10(13)15/h7-8H,4-6H2,1-3H3,(H,12,14). The fraction of sp³-hybridized carbons (Fsp3) is 0.818. The molecule has 1 N–H and O–H groups in total. The first-order chi connectivity index (χ1) is 6.90. The minimum atomic E-state index is -0.728. The number of carbonyl (C=O) groups is 2. The van der Waals surface area contributed by atoms with E-state index in [9.17, 15) is 9.59 Å². The van der Waals surface area contributed by atoms with E-state index in [4.69, 9.17) is 0 Å². The molecule has 1 aliphatic heterocycles. The number of nitrogens with one attached hydrogen (secondary N) is 1. The second kappa shape index (κ2) is 3.22. The van der Waals surface area contributed by atoms with Gasteiger partial charge in [-0.1, -0.05) is 6.92 Å². The van der Waals surface area contributed by atoms with Crippen molar-refractivity contribution in [2.45, 2.75) is 45.2 Å². The summed E-state index contributed by atoms with van der Waals surface area (Å²) >= 11 is 0. The number of nitrogens with zero attached hydrogens (tertiary/aromatic N) is 1. The smallest absolute Gasteiger partial charge is 0.248 e. The highest BCUT2D eigenvalue weighted by atomic mass is 16.2. The minimum absolute atomic E-state index is 0.0425. The molecule has 2 rings (SSSR count). The number of piperazine rings is 1. The van der Waals surface area contributed by atoms with E-state index in [0.717, 1.165) is 12.8 Å². The van der Waals surface area contributed by atoms with E-state index in [2.05, 4.69) is 12.2 Å². The van der Waals surface area contributed by atoms with E-state index < -0.39 is 5.54 Å². The topological polar surface area (TPSA) is 49.4 Å². The van der Waals surface area contributed by atoms with Crippen molar-refractivity contribution in [3.05, 3.63) is 0 Å². The predicted octanol–water partition coefficient (Wildman–Crippen LogP) is 0.522. The van der Waals surface area contributed by atoms with Gasteiger partial charge in [-0.25, -0.2) is 0 Å². The SMILES string of the molecule is CC1CC(N2CC(=O)NC(C)(C)C2=O)C1. The number of amides is 2. The third-order valence-corrected chi connectivity index (χ3v) is 3.35. The zero-order valence-corrected chi connectivity index (χ0v) is 9.54. The molecule has 0 spiro atoms. The minimum Gasteiger partial charge on any atom is -0.341 e. The summed E-state index contributed by atoms with van der Waals surface area (Å²) in [4.78, 5) is 25.2. The Morgan fingerprint density at radius 1 is 1.33 bits per heavy atom. The van der Waals surface area contributed by atoms with Gasteiger partial charge in [-0.05, 0) is 32.6 Å². The first-order valence-corrected chi connectivity index (χ1v) is 5.52. The quantitative estimate of drug-likeness (QED) is 0.686. The molecule has 1 aliphatic carbocycles. The first-order valence-electron chi connectivity index (χ1n) is 5.52. The average molecular weight is 210 g/mol. The Kier molecular flexibility index (Phi) is 2.24. The lowest BCUT2D eigenvalue weighted by Gasteiger charge is -2.47. The Hall–Kier alpha value is -1.06. The molecule has 0 aromatic heterocycles. The van der Waals surface area contributed by atoms with Crippen molar-refractivity contribution >= 4 is 11.8 Å². The summed E-state index contributed by atoms with van der Waals surface area (Å²) in [7, 11) is 0. The summed E-state index contributed by atoms with van der Waals surface area (Å²) < 4.78 is 0. The van der Waals surface area contributed by atoms with Crippen molar-refractivity contribution in [2.75, 3.05) is 6.54 Å². The van der Waals surface area contributed by atoms with Crippen LogP contribution in [0.1, 0.15) is 33.6 Å². The third kappa shape index (κ3) is 1.73. The van der Waals surface area contributed by atoms with Crippen LogP contribution in [-0.4, -0.2) is 34.8 Å². The van der Waals surface area contributed by atoms with Gasteiger partial charge in [0.2, 0.25) is 11.8 Å². The molecule has 4 nitrogen and oxygen atoms in total. The van der Waals surface area contributed by atoms with Crippen LogP contribution in [0, 0.1) is 5.92 Å². The van der Waals surface area contributed by atoms with Crippen molar-refractivity contribution in [3.63, 3.8) is 0 Å². The highest BCUT2D eigenvalue weighted by Gasteiger charge is 2.44. The average Bonchev–Trinajstić information content (AvgIpc) is 2.05. The second-order valence-electron chi connectivity index (χ2n) is 5.34. The zero-order valence-electron chi connectivity index (χ0n) is 9.54. The lowest BCUT2D eigenvalue weighted by atomic mass is 9.79. The van der Waals surface area contributed by atoms with E-state index >= 15 is 0 Å². The van der Waals surface area contributed by atoms with Gasteiger partial charge < -0.3 is 10.2 Å². The summed E-state index contributed by atoms with van der Waals surface area (Å²) in [6.45, 7) is 5.94. The lowest BCUT2D eigenvalue weighted by molar-refractivity contribution is -0.153. The van der Waals surface area contributed by atoms with E-state index in [1.165, 1.54) is 0 Å². The maximum atomic E-state index is 12.0. The molecular formula is C11H18N2O2. The highest BCUT2D eigenvalue weighted by Crippen LogP contribution is 2.33. The van der Waals surface area contributed by atoms with Crippen molar-refractivity contribution in [1.29, 1.82) is 0 Å². The number of hydrogen-bond acceptors (Lipinski definition) is 2. The van der Waals surface area contributed by atoms with Crippen LogP contribution in [0.5, 0.6) is 0 Å². The fourth-order valence-corrected chi connectivity index (χ4v) is 2.44. The maximum Gasteiger partial charge on any atom is 0.248 e. The molecule has 15 heavy (non-hydrogen) atoms. The van der Waals surface area contributed by atoms with Gasteiger partial charge in [0.1, 0.15) is 5.54 Å². The van der Waals surface area contributed by atoms with E-state index in [1.807, 2.05) is 0 Å². The van der Waals surface area contributed by atoms with Crippen LogP contribution in [0.25, 0.3) is 0 Å². The van der Waals surface area contributed by atoms with Crippen molar-refractivity contribution in [1.82, 2.24) is 10.2 Å². The van der Waals surface area contributed by atoms with Crippen LogP contribution in [0.2, 0.25) is 0 Å². The molecule has 84 valence electrons. The fourth-order valence-electron chi connectivity index (χ4n) is 2.44. The van der Waals surface area contributed by atoms with E-state index in [1.54, 1.807) is 18.7 Å². The van der Waals surface area contributed by atoms with E-state index in [0.29, 0.717) is 5.92 Å². The zero-order chi connectivity index (χ0) is 11.2. The van der Waals surface area contributed by atoms with Crippen LogP contribution >= 0.6 is 0 Å². The molecule has 4 heteroatoms. The Bertz CT molecular complexity index is 306. The predicted molar refractivity (Wildman–Crippen MR) is 56.1 cm³/mol. The normalized spacial score (nSPS) is 34.7. The molecule has 0 radical (unpaired) electrons. The Balaban J connectivity index is 2.11. The Labute approximate surface area is 90.0 Å². The first kappa shape index (κ1) is 10.5. The highest BCUT2D eigenvalue weighted by molar-refractivity contribution is 5.97. The summed E-state index contributed by atoms with van der Waals surface area (Å²) in [6, 6.07) is 0.290. The molecular weight excluding hydrogens is 192 g/mol. The van der Waals surface area contributed by atoms with Gasteiger partial charge in [0.15, 0.2) is 0 Å². The lowest BCUT2D eigenvalue weighted by Crippen LogP contribution is -2.67. The Morgan fingerprint density at radius 2 is 1.93 bits per heavy atom. The molecule has 2 amide bonds. The third-order valence-electron chi connectivity index (χ3n) is 3.35. The molecule has 1 saturated carbocycles. The summed E-state index contributed by atoms with van der Waals surface area (Å²) in [6.07, 6.45) is 2.07. The molecule has 1 heterocycles.